The van der Waals surface area contributed by atoms with Crippen LogP contribution in [0.15, 0.2) is 18.6 Å². The van der Waals surface area contributed by atoms with Crippen LogP contribution in [-0.4, -0.2) is 43.7 Å². The minimum absolute atomic E-state index is 0.546. The molecule has 2 aromatic heterocycles. The molecule has 96 valence electrons. The first-order chi connectivity index (χ1) is 8.77. The Hall–Kier alpha value is -1.27. The van der Waals surface area contributed by atoms with Gasteiger partial charge in [0.2, 0.25) is 0 Å². The van der Waals surface area contributed by atoms with Gasteiger partial charge in [-0.05, 0) is 30.4 Å². The second-order valence-electron chi connectivity index (χ2n) is 4.65. The van der Waals surface area contributed by atoms with Gasteiger partial charge >= 0.3 is 0 Å². The maximum absolute atomic E-state index is 10.4. The minimum Gasteiger partial charge on any atom is -0.388 e. The van der Waals surface area contributed by atoms with Gasteiger partial charge in [0.25, 0.3) is 0 Å². The largest absolute Gasteiger partial charge is 0.388 e. The van der Waals surface area contributed by atoms with Crippen LogP contribution in [0.1, 0.15) is 12.8 Å². The molecule has 1 fully saturated rings. The summed E-state index contributed by atoms with van der Waals surface area (Å²) in [5.41, 5.74) is 0.220. The van der Waals surface area contributed by atoms with Crippen molar-refractivity contribution in [3.05, 3.63) is 18.6 Å². The highest BCUT2D eigenvalue weighted by molar-refractivity contribution is 7.99. The molecule has 0 bridgehead atoms. The summed E-state index contributed by atoms with van der Waals surface area (Å²) in [5, 5.41) is 14.6. The highest BCUT2D eigenvalue weighted by Gasteiger charge is 2.29. The van der Waals surface area contributed by atoms with Gasteiger partial charge in [-0.1, -0.05) is 0 Å². The van der Waals surface area contributed by atoms with Crippen molar-refractivity contribution in [1.29, 1.82) is 0 Å². The monoisotopic (exact) mass is 264 g/mol. The van der Waals surface area contributed by atoms with Gasteiger partial charge in [-0.3, -0.25) is 0 Å². The minimum atomic E-state index is -0.598. The first kappa shape index (κ1) is 11.8. The lowest BCUT2D eigenvalue weighted by atomic mass is 9.97. The molecule has 0 unspecified atom stereocenters. The number of nitrogens with zero attached hydrogens (tertiary/aromatic N) is 2. The maximum Gasteiger partial charge on any atom is 0.142 e. The summed E-state index contributed by atoms with van der Waals surface area (Å²) in [7, 11) is 0. The molecule has 6 heteroatoms. The van der Waals surface area contributed by atoms with Gasteiger partial charge in [0.1, 0.15) is 17.8 Å². The number of nitrogens with one attached hydrogen (secondary N) is 2. The van der Waals surface area contributed by atoms with Crippen LogP contribution < -0.4 is 5.32 Å². The number of fused-ring (bicyclic) bond motifs is 1. The third kappa shape index (κ3) is 2.30. The zero-order chi connectivity index (χ0) is 12.4. The fourth-order valence-corrected chi connectivity index (χ4v) is 3.44. The zero-order valence-electron chi connectivity index (χ0n) is 10.0. The molecule has 0 radical (unpaired) electrons. The molecule has 18 heavy (non-hydrogen) atoms. The number of anilines is 1. The Labute approximate surface area is 109 Å². The number of thioether (sulfide) groups is 1. The average Bonchev–Trinajstić information content (AvgIpc) is 2.86. The van der Waals surface area contributed by atoms with E-state index in [0.29, 0.717) is 6.54 Å². The fraction of sp³-hybridized carbons (Fsp3) is 0.500. The number of H-pyrrole nitrogens is 1. The molecule has 0 aliphatic carbocycles. The van der Waals surface area contributed by atoms with Gasteiger partial charge < -0.3 is 15.4 Å². The fourth-order valence-electron chi connectivity index (χ4n) is 2.19. The Bertz CT molecular complexity index is 536. The molecule has 0 atom stereocenters. The molecule has 0 saturated carbocycles. The molecule has 1 aliphatic rings. The van der Waals surface area contributed by atoms with Gasteiger partial charge in [0.15, 0.2) is 0 Å². The Morgan fingerprint density at radius 3 is 3.06 bits per heavy atom. The van der Waals surface area contributed by atoms with Crippen LogP contribution in [0, 0.1) is 0 Å². The molecular formula is C12H16N4OS. The first-order valence-corrected chi connectivity index (χ1v) is 7.24. The van der Waals surface area contributed by atoms with E-state index in [9.17, 15) is 5.11 Å². The van der Waals surface area contributed by atoms with Crippen molar-refractivity contribution >= 4 is 28.6 Å². The van der Waals surface area contributed by atoms with Crippen LogP contribution in [0.3, 0.4) is 0 Å². The van der Waals surface area contributed by atoms with E-state index in [1.54, 1.807) is 0 Å². The van der Waals surface area contributed by atoms with Crippen LogP contribution in [0.5, 0.6) is 0 Å². The van der Waals surface area contributed by atoms with Crippen LogP contribution in [0.4, 0.5) is 5.82 Å². The summed E-state index contributed by atoms with van der Waals surface area (Å²) in [6.45, 7) is 0.546. The number of aliphatic hydroxyl groups is 1. The lowest BCUT2D eigenvalue weighted by molar-refractivity contribution is 0.0453. The second kappa shape index (κ2) is 4.78. The highest BCUT2D eigenvalue weighted by atomic mass is 32.2. The van der Waals surface area contributed by atoms with Crippen LogP contribution in [0.25, 0.3) is 11.0 Å². The predicted octanol–water partition coefficient (Wildman–Crippen LogP) is 1.63. The molecule has 5 nitrogen and oxygen atoms in total. The number of rotatable bonds is 3. The third-order valence-corrected chi connectivity index (χ3v) is 4.35. The lowest BCUT2D eigenvalue weighted by Crippen LogP contribution is -2.40. The molecule has 0 aromatic carbocycles. The highest BCUT2D eigenvalue weighted by Crippen LogP contribution is 2.27. The molecule has 2 aromatic rings. The number of aromatic nitrogens is 3. The number of hydrogen-bond acceptors (Lipinski definition) is 5. The smallest absolute Gasteiger partial charge is 0.142 e. The normalized spacial score (nSPS) is 18.9. The van der Waals surface area contributed by atoms with Crippen molar-refractivity contribution < 1.29 is 5.11 Å². The van der Waals surface area contributed by atoms with E-state index in [1.165, 1.54) is 6.33 Å². The van der Waals surface area contributed by atoms with Crippen molar-refractivity contribution in [3.8, 4) is 0 Å². The number of aromatic amines is 1. The van der Waals surface area contributed by atoms with Crippen LogP contribution >= 0.6 is 11.8 Å². The molecule has 3 rings (SSSR count). The quantitative estimate of drug-likeness (QED) is 0.785. The van der Waals surface area contributed by atoms with E-state index in [0.717, 1.165) is 41.2 Å². The Kier molecular flexibility index (Phi) is 3.13. The predicted molar refractivity (Wildman–Crippen MR) is 73.9 cm³/mol. The summed E-state index contributed by atoms with van der Waals surface area (Å²) in [5.74, 6) is 2.84. The molecule has 1 aliphatic heterocycles. The second-order valence-corrected chi connectivity index (χ2v) is 5.88. The number of hydrogen-bond donors (Lipinski definition) is 3. The third-order valence-electron chi connectivity index (χ3n) is 3.36. The van der Waals surface area contributed by atoms with Crippen molar-refractivity contribution in [2.24, 2.45) is 0 Å². The lowest BCUT2D eigenvalue weighted by Gasteiger charge is -2.32. The molecular weight excluding hydrogens is 248 g/mol. The van der Waals surface area contributed by atoms with Gasteiger partial charge in [-0.15, -0.1) is 0 Å². The molecule has 1 saturated heterocycles. The van der Waals surface area contributed by atoms with Gasteiger partial charge in [0, 0.05) is 12.7 Å². The van der Waals surface area contributed by atoms with Crippen LogP contribution in [-0.2, 0) is 0 Å². The van der Waals surface area contributed by atoms with E-state index in [2.05, 4.69) is 20.3 Å². The summed E-state index contributed by atoms with van der Waals surface area (Å²) in [6.07, 6.45) is 5.05. The van der Waals surface area contributed by atoms with Crippen LogP contribution in [0.2, 0.25) is 0 Å². The summed E-state index contributed by atoms with van der Waals surface area (Å²) < 4.78 is 0. The first-order valence-electron chi connectivity index (χ1n) is 6.09. The van der Waals surface area contributed by atoms with Gasteiger partial charge in [-0.2, -0.15) is 11.8 Å². The summed E-state index contributed by atoms with van der Waals surface area (Å²) >= 11 is 1.90. The topological polar surface area (TPSA) is 73.8 Å². The Morgan fingerprint density at radius 1 is 1.39 bits per heavy atom. The van der Waals surface area contributed by atoms with Crippen molar-refractivity contribution in [3.63, 3.8) is 0 Å². The van der Waals surface area contributed by atoms with Crippen molar-refractivity contribution in [2.75, 3.05) is 23.4 Å². The van der Waals surface area contributed by atoms with E-state index in [4.69, 9.17) is 0 Å². The van der Waals surface area contributed by atoms with E-state index in [-0.39, 0.29) is 0 Å². The van der Waals surface area contributed by atoms with Crippen molar-refractivity contribution in [2.45, 2.75) is 18.4 Å². The maximum atomic E-state index is 10.4. The van der Waals surface area contributed by atoms with Gasteiger partial charge in [-0.25, -0.2) is 9.97 Å². The average molecular weight is 264 g/mol. The summed E-state index contributed by atoms with van der Waals surface area (Å²) in [6, 6.07) is 1.94. The zero-order valence-corrected chi connectivity index (χ0v) is 10.8. The molecule has 3 N–H and O–H groups in total. The Morgan fingerprint density at radius 2 is 2.22 bits per heavy atom. The van der Waals surface area contributed by atoms with E-state index >= 15 is 0 Å². The standard InChI is InChI=1S/C12H16N4OS/c17-12(2-5-18-6-3-12)7-14-11-9-1-4-13-10(9)15-8-16-11/h1,4,8,17H,2-3,5-7H2,(H2,13,14,15,16). The summed E-state index contributed by atoms with van der Waals surface area (Å²) in [4.78, 5) is 11.4. The van der Waals surface area contributed by atoms with Gasteiger partial charge in [0.05, 0.1) is 11.0 Å². The molecule has 3 heterocycles. The molecule has 0 spiro atoms. The van der Waals surface area contributed by atoms with Crippen molar-refractivity contribution in [1.82, 2.24) is 15.0 Å². The SMILES string of the molecule is OC1(CNc2ncnc3[nH]ccc23)CCSCC1. The van der Waals surface area contributed by atoms with E-state index < -0.39 is 5.60 Å². The Balaban J connectivity index is 1.74. The molecule has 0 amide bonds. The van der Waals surface area contributed by atoms with E-state index in [1.807, 2.05) is 24.0 Å².